The van der Waals surface area contributed by atoms with Crippen LogP contribution in [0.3, 0.4) is 0 Å². The van der Waals surface area contributed by atoms with Crippen LogP contribution in [0.2, 0.25) is 0 Å². The lowest BCUT2D eigenvalue weighted by molar-refractivity contribution is -0.134. The molecular weight excluding hydrogens is 312 g/mol. The zero-order valence-electron chi connectivity index (χ0n) is 15.3. The van der Waals surface area contributed by atoms with E-state index in [4.69, 9.17) is 4.98 Å². The number of aromatic nitrogens is 3. The van der Waals surface area contributed by atoms with Crippen molar-refractivity contribution in [2.75, 3.05) is 13.1 Å². The summed E-state index contributed by atoms with van der Waals surface area (Å²) >= 11 is 0. The van der Waals surface area contributed by atoms with Gasteiger partial charge < -0.3 is 4.90 Å². The molecule has 1 amide bonds. The van der Waals surface area contributed by atoms with E-state index >= 15 is 0 Å². The molecule has 3 heterocycles. The highest BCUT2D eigenvalue weighted by Gasteiger charge is 2.32. The third kappa shape index (κ3) is 3.70. The van der Waals surface area contributed by atoms with Crippen molar-refractivity contribution in [3.8, 4) is 11.3 Å². The second-order valence-corrected chi connectivity index (χ2v) is 6.71. The van der Waals surface area contributed by atoms with Gasteiger partial charge in [-0.15, -0.1) is 0 Å². The first kappa shape index (κ1) is 17.5. The summed E-state index contributed by atoms with van der Waals surface area (Å²) in [6, 6.07) is 5.87. The molecule has 0 unspecified atom stereocenters. The minimum Gasteiger partial charge on any atom is -0.342 e. The van der Waals surface area contributed by atoms with E-state index in [1.54, 1.807) is 6.20 Å². The van der Waals surface area contributed by atoms with Crippen molar-refractivity contribution in [2.24, 2.45) is 5.92 Å². The van der Waals surface area contributed by atoms with E-state index in [9.17, 15) is 4.79 Å². The van der Waals surface area contributed by atoms with E-state index in [-0.39, 0.29) is 17.7 Å². The molecule has 1 fully saturated rings. The number of nitrogens with zero attached hydrogens (tertiary/aromatic N) is 4. The molecule has 0 N–H and O–H groups in total. The van der Waals surface area contributed by atoms with Crippen LogP contribution in [0.15, 0.2) is 30.6 Å². The van der Waals surface area contributed by atoms with Crippen LogP contribution in [0.25, 0.3) is 11.3 Å². The molecule has 1 aliphatic rings. The molecule has 3 rings (SSSR count). The maximum absolute atomic E-state index is 12.7. The second-order valence-electron chi connectivity index (χ2n) is 6.71. The van der Waals surface area contributed by atoms with Crippen LogP contribution >= 0.6 is 0 Å². The molecule has 2 aromatic rings. The highest BCUT2D eigenvalue weighted by molar-refractivity contribution is 5.79. The lowest BCUT2D eigenvalue weighted by atomic mass is 9.98. The van der Waals surface area contributed by atoms with Crippen molar-refractivity contribution in [2.45, 2.75) is 46.0 Å². The summed E-state index contributed by atoms with van der Waals surface area (Å²) in [7, 11) is 0. The Morgan fingerprint density at radius 1 is 1.28 bits per heavy atom. The van der Waals surface area contributed by atoms with Gasteiger partial charge in [0.2, 0.25) is 5.91 Å². The van der Waals surface area contributed by atoms with Gasteiger partial charge in [0.1, 0.15) is 5.82 Å². The van der Waals surface area contributed by atoms with Crippen LogP contribution in [-0.2, 0) is 4.79 Å². The third-order valence-corrected chi connectivity index (χ3v) is 5.10. The molecule has 0 aromatic carbocycles. The van der Waals surface area contributed by atoms with Crippen molar-refractivity contribution >= 4 is 5.91 Å². The van der Waals surface area contributed by atoms with Gasteiger partial charge in [0.25, 0.3) is 0 Å². The summed E-state index contributed by atoms with van der Waals surface area (Å²) in [6.07, 6.45) is 6.41. The molecular formula is C20H26N4O. The van der Waals surface area contributed by atoms with Crippen molar-refractivity contribution in [3.63, 3.8) is 0 Å². The first-order valence-corrected chi connectivity index (χ1v) is 9.17. The topological polar surface area (TPSA) is 59.0 Å². The van der Waals surface area contributed by atoms with Crippen molar-refractivity contribution in [1.29, 1.82) is 0 Å². The Balaban J connectivity index is 1.86. The minimum absolute atomic E-state index is 0.140. The predicted octanol–water partition coefficient (Wildman–Crippen LogP) is 3.60. The van der Waals surface area contributed by atoms with Gasteiger partial charge in [0.15, 0.2) is 0 Å². The molecule has 25 heavy (non-hydrogen) atoms. The first-order valence-electron chi connectivity index (χ1n) is 9.17. The van der Waals surface area contributed by atoms with Gasteiger partial charge in [-0.1, -0.05) is 19.9 Å². The fourth-order valence-electron chi connectivity index (χ4n) is 3.60. The van der Waals surface area contributed by atoms with E-state index in [1.807, 2.05) is 36.2 Å². The number of hydrogen-bond acceptors (Lipinski definition) is 4. The highest BCUT2D eigenvalue weighted by atomic mass is 16.2. The van der Waals surface area contributed by atoms with E-state index in [1.165, 1.54) is 0 Å². The summed E-state index contributed by atoms with van der Waals surface area (Å²) < 4.78 is 0. The SMILES string of the molecule is CCC(CC)C(=O)N1CC[C@H](c2nc(C)ncc2-c2ccccn2)C1. The summed E-state index contributed by atoms with van der Waals surface area (Å²) in [5.74, 6) is 1.44. The molecule has 5 nitrogen and oxygen atoms in total. The fourth-order valence-corrected chi connectivity index (χ4v) is 3.60. The Labute approximate surface area is 149 Å². The van der Waals surface area contributed by atoms with Gasteiger partial charge in [-0.2, -0.15) is 0 Å². The molecule has 0 bridgehead atoms. The Bertz CT molecular complexity index is 728. The number of carbonyl (C=O) groups excluding carboxylic acids is 1. The average molecular weight is 338 g/mol. The van der Waals surface area contributed by atoms with E-state index in [0.29, 0.717) is 0 Å². The van der Waals surface area contributed by atoms with Gasteiger partial charge >= 0.3 is 0 Å². The Morgan fingerprint density at radius 3 is 2.76 bits per heavy atom. The fraction of sp³-hybridized carbons (Fsp3) is 0.500. The maximum Gasteiger partial charge on any atom is 0.225 e. The van der Waals surface area contributed by atoms with Gasteiger partial charge in [-0.25, -0.2) is 9.97 Å². The van der Waals surface area contributed by atoms with E-state index in [2.05, 4.69) is 23.8 Å². The maximum atomic E-state index is 12.7. The molecule has 1 aliphatic heterocycles. The first-order chi connectivity index (χ1) is 12.1. The second kappa shape index (κ2) is 7.72. The van der Waals surface area contributed by atoms with Crippen molar-refractivity contribution < 1.29 is 4.79 Å². The van der Waals surface area contributed by atoms with Gasteiger partial charge in [0, 0.05) is 42.9 Å². The van der Waals surface area contributed by atoms with Crippen molar-refractivity contribution in [1.82, 2.24) is 19.9 Å². The van der Waals surface area contributed by atoms with Crippen LogP contribution in [0.1, 0.15) is 50.5 Å². The standard InChI is InChI=1S/C20H26N4O/c1-4-15(5-2)20(25)24-11-9-16(13-24)19-17(12-22-14(3)23-19)18-8-6-7-10-21-18/h6-8,10,12,15-16H,4-5,9,11,13H2,1-3H3/t16-/m0/s1. The van der Waals surface area contributed by atoms with Crippen LogP contribution < -0.4 is 0 Å². The Hall–Kier alpha value is -2.30. The van der Waals surface area contributed by atoms with Crippen LogP contribution in [0.4, 0.5) is 0 Å². The lowest BCUT2D eigenvalue weighted by Crippen LogP contribution is -2.34. The zero-order chi connectivity index (χ0) is 17.8. The number of likely N-dealkylation sites (tertiary alicyclic amines) is 1. The third-order valence-electron chi connectivity index (χ3n) is 5.10. The number of pyridine rings is 1. The predicted molar refractivity (Wildman–Crippen MR) is 98.0 cm³/mol. The molecule has 0 aliphatic carbocycles. The van der Waals surface area contributed by atoms with Gasteiger partial charge in [-0.3, -0.25) is 9.78 Å². The van der Waals surface area contributed by atoms with E-state index in [0.717, 1.165) is 55.1 Å². The summed E-state index contributed by atoms with van der Waals surface area (Å²) in [5, 5.41) is 0. The monoisotopic (exact) mass is 338 g/mol. The molecule has 0 saturated carbocycles. The molecule has 5 heteroatoms. The summed E-state index contributed by atoms with van der Waals surface area (Å²) in [5.41, 5.74) is 2.89. The Morgan fingerprint density at radius 2 is 2.08 bits per heavy atom. The molecule has 1 saturated heterocycles. The zero-order valence-corrected chi connectivity index (χ0v) is 15.3. The lowest BCUT2D eigenvalue weighted by Gasteiger charge is -2.22. The van der Waals surface area contributed by atoms with Gasteiger partial charge in [-0.05, 0) is 38.3 Å². The molecule has 1 atom stereocenters. The van der Waals surface area contributed by atoms with E-state index < -0.39 is 0 Å². The number of aryl methyl sites for hydroxylation is 1. The smallest absolute Gasteiger partial charge is 0.225 e. The number of hydrogen-bond donors (Lipinski definition) is 0. The molecule has 0 radical (unpaired) electrons. The quantitative estimate of drug-likeness (QED) is 0.836. The average Bonchev–Trinajstić information content (AvgIpc) is 3.13. The summed E-state index contributed by atoms with van der Waals surface area (Å²) in [6.45, 7) is 7.64. The molecule has 132 valence electrons. The number of rotatable bonds is 5. The largest absolute Gasteiger partial charge is 0.342 e. The van der Waals surface area contributed by atoms with Gasteiger partial charge in [0.05, 0.1) is 11.4 Å². The number of carbonyl (C=O) groups is 1. The van der Waals surface area contributed by atoms with Crippen LogP contribution in [-0.4, -0.2) is 38.8 Å². The van der Waals surface area contributed by atoms with Crippen LogP contribution in [0.5, 0.6) is 0 Å². The van der Waals surface area contributed by atoms with Crippen LogP contribution in [0, 0.1) is 12.8 Å². The number of amides is 1. The highest BCUT2D eigenvalue weighted by Crippen LogP contribution is 2.33. The minimum atomic E-state index is 0.140. The van der Waals surface area contributed by atoms with Crippen molar-refractivity contribution in [3.05, 3.63) is 42.1 Å². The molecule has 0 spiro atoms. The normalized spacial score (nSPS) is 17.3. The summed E-state index contributed by atoms with van der Waals surface area (Å²) in [4.78, 5) is 28.2. The molecule has 2 aromatic heterocycles. The Kier molecular flexibility index (Phi) is 5.41.